The van der Waals surface area contributed by atoms with E-state index >= 15 is 0 Å². The van der Waals surface area contributed by atoms with Crippen LogP contribution in [0.4, 0.5) is 0 Å². The molecule has 0 spiro atoms. The highest BCUT2D eigenvalue weighted by molar-refractivity contribution is 5.95. The smallest absolute Gasteiger partial charge is 0.251 e. The second-order valence-electron chi connectivity index (χ2n) is 6.10. The van der Waals surface area contributed by atoms with Crippen LogP contribution in [0.2, 0.25) is 0 Å². The molecular weight excluding hydrogens is 306 g/mol. The monoisotopic (exact) mass is 337 g/mol. The minimum absolute atomic E-state index is 0.107. The Morgan fingerprint density at radius 2 is 1.46 bits per heavy atom. The van der Waals surface area contributed by atoms with Crippen LogP contribution >= 0.6 is 0 Å². The Morgan fingerprint density at radius 1 is 0.958 bits per heavy atom. The maximum atomic E-state index is 12.6. The van der Waals surface area contributed by atoms with E-state index in [0.717, 1.165) is 6.42 Å². The number of carbonyl (C=O) groups is 1. The Bertz CT molecular complexity index is 501. The molecule has 0 fully saturated rings. The highest BCUT2D eigenvalue weighted by atomic mass is 16.5. The van der Waals surface area contributed by atoms with Crippen molar-refractivity contribution >= 4 is 5.91 Å². The van der Waals surface area contributed by atoms with E-state index in [-0.39, 0.29) is 11.9 Å². The molecule has 0 aliphatic carbocycles. The van der Waals surface area contributed by atoms with Crippen LogP contribution in [-0.2, 0) is 0 Å². The maximum absolute atomic E-state index is 12.6. The number of rotatable bonds is 10. The van der Waals surface area contributed by atoms with E-state index in [1.165, 1.54) is 0 Å². The van der Waals surface area contributed by atoms with Gasteiger partial charge in [-0.1, -0.05) is 13.8 Å². The summed E-state index contributed by atoms with van der Waals surface area (Å²) in [6.45, 7) is 13.5. The fourth-order valence-corrected chi connectivity index (χ4v) is 2.59. The summed E-state index contributed by atoms with van der Waals surface area (Å²) in [6.07, 6.45) is 0.930. The van der Waals surface area contributed by atoms with Gasteiger partial charge in [0.15, 0.2) is 11.5 Å². The standard InChI is InChI=1S/C19H31NO4/c1-7-22-16-11-15(19(21)20-14(6)10-13(4)5)12-17(23-8-2)18(16)24-9-3/h11-14H,7-10H2,1-6H3,(H,20,21)/t14-/m1/s1. The normalized spacial score (nSPS) is 12.0. The van der Waals surface area contributed by atoms with Gasteiger partial charge in [0.25, 0.3) is 5.91 Å². The van der Waals surface area contributed by atoms with Gasteiger partial charge in [0, 0.05) is 11.6 Å². The molecule has 136 valence electrons. The van der Waals surface area contributed by atoms with E-state index in [4.69, 9.17) is 14.2 Å². The molecule has 1 atom stereocenters. The van der Waals surface area contributed by atoms with Crippen molar-refractivity contribution in [1.29, 1.82) is 0 Å². The van der Waals surface area contributed by atoms with Gasteiger partial charge in [-0.3, -0.25) is 4.79 Å². The third-order valence-electron chi connectivity index (χ3n) is 3.37. The van der Waals surface area contributed by atoms with Crippen molar-refractivity contribution in [2.24, 2.45) is 5.92 Å². The molecule has 0 saturated heterocycles. The van der Waals surface area contributed by atoms with Crippen LogP contribution in [0.1, 0.15) is 58.3 Å². The van der Waals surface area contributed by atoms with Crippen LogP contribution in [0.15, 0.2) is 12.1 Å². The molecule has 24 heavy (non-hydrogen) atoms. The fourth-order valence-electron chi connectivity index (χ4n) is 2.59. The summed E-state index contributed by atoms with van der Waals surface area (Å²) in [6, 6.07) is 3.54. The average Bonchev–Trinajstić information content (AvgIpc) is 2.49. The van der Waals surface area contributed by atoms with Crippen LogP contribution in [0, 0.1) is 5.92 Å². The highest BCUT2D eigenvalue weighted by Crippen LogP contribution is 2.39. The van der Waals surface area contributed by atoms with Crippen molar-refractivity contribution in [2.75, 3.05) is 19.8 Å². The van der Waals surface area contributed by atoms with Crippen LogP contribution < -0.4 is 19.5 Å². The Hall–Kier alpha value is -1.91. The lowest BCUT2D eigenvalue weighted by Gasteiger charge is -2.19. The van der Waals surface area contributed by atoms with Gasteiger partial charge in [-0.25, -0.2) is 0 Å². The van der Waals surface area contributed by atoms with Gasteiger partial charge in [-0.2, -0.15) is 0 Å². The molecule has 0 saturated carbocycles. The second kappa shape index (κ2) is 10.1. The van der Waals surface area contributed by atoms with Crippen LogP contribution in [0.25, 0.3) is 0 Å². The number of hydrogen-bond donors (Lipinski definition) is 1. The zero-order valence-corrected chi connectivity index (χ0v) is 15.8. The van der Waals surface area contributed by atoms with Crippen molar-refractivity contribution in [3.63, 3.8) is 0 Å². The fraction of sp³-hybridized carbons (Fsp3) is 0.632. The van der Waals surface area contributed by atoms with Crippen molar-refractivity contribution in [1.82, 2.24) is 5.32 Å². The molecule has 0 unspecified atom stereocenters. The average molecular weight is 337 g/mol. The van der Waals surface area contributed by atoms with Gasteiger partial charge in [0.2, 0.25) is 5.75 Å². The lowest BCUT2D eigenvalue weighted by atomic mass is 10.0. The number of hydrogen-bond acceptors (Lipinski definition) is 4. The summed E-state index contributed by atoms with van der Waals surface area (Å²) in [5.74, 6) is 2.01. The topological polar surface area (TPSA) is 56.8 Å². The summed E-state index contributed by atoms with van der Waals surface area (Å²) in [7, 11) is 0. The van der Waals surface area contributed by atoms with Crippen molar-refractivity contribution in [3.05, 3.63) is 17.7 Å². The Balaban J connectivity index is 3.11. The molecule has 1 amide bonds. The molecule has 0 aliphatic heterocycles. The van der Waals surface area contributed by atoms with Crippen molar-refractivity contribution in [3.8, 4) is 17.2 Å². The molecule has 1 aromatic rings. The summed E-state index contributed by atoms with van der Waals surface area (Å²) in [5, 5.41) is 3.03. The number of ether oxygens (including phenoxy) is 3. The lowest BCUT2D eigenvalue weighted by molar-refractivity contribution is 0.0935. The van der Waals surface area contributed by atoms with Crippen molar-refractivity contribution < 1.29 is 19.0 Å². The Kier molecular flexibility index (Phi) is 8.44. The molecule has 1 rings (SSSR count). The molecule has 5 heteroatoms. The van der Waals surface area contributed by atoms with E-state index in [1.54, 1.807) is 12.1 Å². The minimum atomic E-state index is -0.131. The third kappa shape index (κ3) is 5.95. The third-order valence-corrected chi connectivity index (χ3v) is 3.37. The SMILES string of the molecule is CCOc1cc(C(=O)N[C@H](C)CC(C)C)cc(OCC)c1OCC. The van der Waals surface area contributed by atoms with E-state index < -0.39 is 0 Å². The van der Waals surface area contributed by atoms with Gasteiger partial charge >= 0.3 is 0 Å². The Morgan fingerprint density at radius 3 is 1.88 bits per heavy atom. The van der Waals surface area contributed by atoms with E-state index in [2.05, 4.69) is 19.2 Å². The molecule has 0 radical (unpaired) electrons. The Labute approximate surface area is 145 Å². The lowest BCUT2D eigenvalue weighted by Crippen LogP contribution is -2.33. The quantitative estimate of drug-likeness (QED) is 0.700. The largest absolute Gasteiger partial charge is 0.490 e. The summed E-state index contributed by atoms with van der Waals surface area (Å²) in [4.78, 5) is 12.6. The van der Waals surface area contributed by atoms with Crippen LogP contribution in [0.3, 0.4) is 0 Å². The molecule has 1 aromatic carbocycles. The second-order valence-corrected chi connectivity index (χ2v) is 6.10. The minimum Gasteiger partial charge on any atom is -0.490 e. The first kappa shape index (κ1) is 20.1. The first-order chi connectivity index (χ1) is 11.4. The zero-order chi connectivity index (χ0) is 18.1. The number of nitrogens with one attached hydrogen (secondary N) is 1. The van der Waals surface area contributed by atoms with Gasteiger partial charge in [0.1, 0.15) is 0 Å². The van der Waals surface area contributed by atoms with Gasteiger partial charge < -0.3 is 19.5 Å². The first-order valence-electron chi connectivity index (χ1n) is 8.80. The summed E-state index contributed by atoms with van der Waals surface area (Å²) in [5.41, 5.74) is 0.515. The molecule has 5 nitrogen and oxygen atoms in total. The predicted molar refractivity (Wildman–Crippen MR) is 96.3 cm³/mol. The van der Waals surface area contributed by atoms with E-state index in [9.17, 15) is 4.79 Å². The number of amides is 1. The van der Waals surface area contributed by atoms with Crippen molar-refractivity contribution in [2.45, 2.75) is 54.0 Å². The predicted octanol–water partition coefficient (Wildman–Crippen LogP) is 4.05. The van der Waals surface area contributed by atoms with Crippen LogP contribution in [-0.4, -0.2) is 31.8 Å². The van der Waals surface area contributed by atoms with Gasteiger partial charge in [-0.15, -0.1) is 0 Å². The molecule has 0 aromatic heterocycles. The molecule has 0 bridgehead atoms. The summed E-state index contributed by atoms with van der Waals surface area (Å²) < 4.78 is 17.0. The molecule has 0 aliphatic rings. The summed E-state index contributed by atoms with van der Waals surface area (Å²) >= 11 is 0. The van der Waals surface area contributed by atoms with Gasteiger partial charge in [-0.05, 0) is 52.2 Å². The molecular formula is C19H31NO4. The first-order valence-corrected chi connectivity index (χ1v) is 8.80. The maximum Gasteiger partial charge on any atom is 0.251 e. The van der Waals surface area contributed by atoms with E-state index in [1.807, 2.05) is 27.7 Å². The molecule has 0 heterocycles. The number of carbonyl (C=O) groups excluding carboxylic acids is 1. The van der Waals surface area contributed by atoms with E-state index in [0.29, 0.717) is 48.6 Å². The van der Waals surface area contributed by atoms with Crippen LogP contribution in [0.5, 0.6) is 17.2 Å². The molecule has 1 N–H and O–H groups in total. The number of benzene rings is 1. The van der Waals surface area contributed by atoms with Gasteiger partial charge in [0.05, 0.1) is 19.8 Å². The zero-order valence-electron chi connectivity index (χ0n) is 15.8. The highest BCUT2D eigenvalue weighted by Gasteiger charge is 2.19.